The van der Waals surface area contributed by atoms with E-state index in [4.69, 9.17) is 47.4 Å². The number of ether oxygens (including phenoxy) is 10. The van der Waals surface area contributed by atoms with E-state index >= 15 is 0 Å². The third kappa shape index (κ3) is 12.6. The van der Waals surface area contributed by atoms with E-state index in [9.17, 15) is 75.3 Å². The molecular weight excluding hydrogens is 904 g/mol. The fourth-order valence-electron chi connectivity index (χ4n) is 7.45. The number of esters is 4. The Morgan fingerprint density at radius 1 is 0.627 bits per heavy atom. The second kappa shape index (κ2) is 24.2. The molecule has 0 aromatic heterocycles. The van der Waals surface area contributed by atoms with Crippen LogP contribution in [0.3, 0.4) is 0 Å². The summed E-state index contributed by atoms with van der Waals surface area (Å²) >= 11 is 0. The molecule has 11 N–H and O–H groups in total. The van der Waals surface area contributed by atoms with Gasteiger partial charge in [0.15, 0.2) is 24.1 Å². The van der Waals surface area contributed by atoms with Crippen LogP contribution in [0.1, 0.15) is 18.4 Å². The van der Waals surface area contributed by atoms with E-state index < -0.39 is 155 Å². The summed E-state index contributed by atoms with van der Waals surface area (Å²) in [4.78, 5) is 53.1. The smallest absolute Gasteiger partial charge is 0.337 e. The van der Waals surface area contributed by atoms with Crippen molar-refractivity contribution in [2.24, 2.45) is 11.8 Å². The van der Waals surface area contributed by atoms with Crippen LogP contribution < -0.4 is 0 Å². The lowest BCUT2D eigenvalue weighted by molar-refractivity contribution is -0.328. The number of phenolic OH excluding ortho intramolecular Hbond substituents is 2. The largest absolute Gasteiger partial charge is 0.504 e. The van der Waals surface area contributed by atoms with E-state index in [1.807, 2.05) is 0 Å². The van der Waals surface area contributed by atoms with Gasteiger partial charge < -0.3 is 104 Å². The number of benzene rings is 1. The molecular formula is C42H54O25. The maximum atomic E-state index is 13.7. The minimum atomic E-state index is -1.94. The molecule has 1 aromatic carbocycles. The number of hydrogen-bond donors (Lipinski definition) is 11. The van der Waals surface area contributed by atoms with E-state index in [-0.39, 0.29) is 41.1 Å². The predicted octanol–water partition coefficient (Wildman–Crippen LogP) is -3.96. The lowest BCUT2D eigenvalue weighted by Gasteiger charge is -2.42. The molecule has 1 aromatic rings. The van der Waals surface area contributed by atoms with Gasteiger partial charge in [-0.3, -0.25) is 9.59 Å². The van der Waals surface area contributed by atoms with Crippen molar-refractivity contribution in [2.45, 2.75) is 93.3 Å². The maximum Gasteiger partial charge on any atom is 0.337 e. The highest BCUT2D eigenvalue weighted by Crippen LogP contribution is 2.38. The second-order valence-electron chi connectivity index (χ2n) is 15.3. The van der Waals surface area contributed by atoms with Crippen LogP contribution in [0, 0.1) is 11.8 Å². The Bertz CT molecular complexity index is 2010. The minimum Gasteiger partial charge on any atom is -0.504 e. The fourth-order valence-corrected chi connectivity index (χ4v) is 7.45. The molecule has 25 heteroatoms. The zero-order chi connectivity index (χ0) is 49.1. The fraction of sp³-hybridized carbons (Fsp3) is 0.571. The summed E-state index contributed by atoms with van der Waals surface area (Å²) in [6.45, 7) is -3.26. The number of carbonyl (C=O) groups is 4. The van der Waals surface area contributed by atoms with Crippen LogP contribution in [0.25, 0.3) is 0 Å². The van der Waals surface area contributed by atoms with E-state index in [2.05, 4.69) is 0 Å². The van der Waals surface area contributed by atoms with E-state index in [0.717, 1.165) is 38.9 Å². The van der Waals surface area contributed by atoms with E-state index in [1.165, 1.54) is 18.2 Å². The van der Waals surface area contributed by atoms with Crippen molar-refractivity contribution in [2.75, 3.05) is 47.3 Å². The first-order valence-electron chi connectivity index (χ1n) is 20.6. The molecule has 0 bridgehead atoms. The van der Waals surface area contributed by atoms with Crippen molar-refractivity contribution in [3.05, 3.63) is 70.7 Å². The van der Waals surface area contributed by atoms with Gasteiger partial charge in [-0.15, -0.1) is 0 Å². The Morgan fingerprint density at radius 3 is 1.55 bits per heavy atom. The lowest BCUT2D eigenvalue weighted by Crippen LogP contribution is -2.60. The topological polar surface area (TPSA) is 383 Å². The number of hydrogen-bond acceptors (Lipinski definition) is 25. The molecule has 67 heavy (non-hydrogen) atoms. The van der Waals surface area contributed by atoms with Crippen LogP contribution in [-0.4, -0.2) is 201 Å². The highest BCUT2D eigenvalue weighted by Gasteiger charge is 2.49. The number of aliphatic hydroxyl groups excluding tert-OH is 9. The Hall–Kier alpha value is -5.26. The summed E-state index contributed by atoms with van der Waals surface area (Å²) in [5.74, 6) is -7.36. The summed E-state index contributed by atoms with van der Waals surface area (Å²) < 4.78 is 54.4. The van der Waals surface area contributed by atoms with Crippen LogP contribution >= 0.6 is 0 Å². The van der Waals surface area contributed by atoms with Gasteiger partial charge in [0.1, 0.15) is 55.4 Å². The monoisotopic (exact) mass is 958 g/mol. The van der Waals surface area contributed by atoms with Crippen molar-refractivity contribution in [1.29, 1.82) is 0 Å². The van der Waals surface area contributed by atoms with Crippen molar-refractivity contribution in [3.8, 4) is 11.5 Å². The highest BCUT2D eigenvalue weighted by atomic mass is 16.8. The summed E-state index contributed by atoms with van der Waals surface area (Å²) in [5.41, 5.74) is -0.282. The van der Waals surface area contributed by atoms with E-state index in [1.54, 1.807) is 0 Å². The number of aliphatic hydroxyl groups is 9. The molecule has 0 aliphatic carbocycles. The average Bonchev–Trinajstić information content (AvgIpc) is 3.31. The van der Waals surface area contributed by atoms with Crippen LogP contribution in [0.4, 0.5) is 0 Å². The van der Waals surface area contributed by atoms with Gasteiger partial charge in [-0.2, -0.15) is 0 Å². The van der Waals surface area contributed by atoms with Crippen molar-refractivity contribution in [1.82, 2.24) is 0 Å². The van der Waals surface area contributed by atoms with Gasteiger partial charge in [0, 0.05) is 29.4 Å². The molecule has 5 rings (SSSR count). The van der Waals surface area contributed by atoms with Crippen LogP contribution in [0.15, 0.2) is 65.2 Å². The Morgan fingerprint density at radius 2 is 1.10 bits per heavy atom. The molecule has 372 valence electrons. The van der Waals surface area contributed by atoms with E-state index in [0.29, 0.717) is 5.56 Å². The Labute approximate surface area is 380 Å². The molecule has 0 spiro atoms. The molecule has 0 amide bonds. The minimum absolute atomic E-state index is 0.0877. The standard InChI is InChI=1S/C42H54O25/c1-58-37(56)23-16-62-39(66-41-35(54)33(52)31(50)27(14-44)64-41)19(5-8-43)21(23)12-30(49)61-10-7-20-22(13-29(48)60-9-6-18-3-4-25(46)26(47)11-18)24(38(57)59-2)17-63-40(20)67-42-36(55)34(53)32(51)28(15-45)65-42/h3-5,7,11,16-17,21-22,27-28,31-36,39-47,50-55H,6,8-10,12-15H2,1-2H3. The van der Waals surface area contributed by atoms with Crippen LogP contribution in [0.2, 0.25) is 0 Å². The van der Waals surface area contributed by atoms with Gasteiger partial charge in [-0.1, -0.05) is 12.1 Å². The molecule has 25 nitrogen and oxygen atoms in total. The van der Waals surface area contributed by atoms with Gasteiger partial charge in [-0.25, -0.2) is 9.59 Å². The zero-order valence-electron chi connectivity index (χ0n) is 35.9. The van der Waals surface area contributed by atoms with Gasteiger partial charge in [-0.05, 0) is 23.8 Å². The molecule has 0 radical (unpaired) electrons. The van der Waals surface area contributed by atoms with Gasteiger partial charge in [0.2, 0.25) is 12.6 Å². The van der Waals surface area contributed by atoms with Gasteiger partial charge >= 0.3 is 23.9 Å². The number of carbonyl (C=O) groups excluding carboxylic acids is 4. The first-order valence-corrected chi connectivity index (χ1v) is 20.6. The number of aromatic hydroxyl groups is 2. The lowest BCUT2D eigenvalue weighted by atomic mass is 9.86. The molecule has 14 unspecified atom stereocenters. The molecule has 0 saturated carbocycles. The van der Waals surface area contributed by atoms with Gasteiger partial charge in [0.05, 0.1) is 77.2 Å². The third-order valence-corrected chi connectivity index (χ3v) is 11.1. The highest BCUT2D eigenvalue weighted by molar-refractivity contribution is 5.91. The van der Waals surface area contributed by atoms with Crippen molar-refractivity contribution >= 4 is 23.9 Å². The first kappa shape index (κ1) is 52.7. The Kier molecular flexibility index (Phi) is 19.0. The summed E-state index contributed by atoms with van der Waals surface area (Å²) in [6, 6.07) is 3.98. The summed E-state index contributed by atoms with van der Waals surface area (Å²) in [7, 11) is 2.08. The molecule has 4 heterocycles. The predicted molar refractivity (Wildman–Crippen MR) is 215 cm³/mol. The third-order valence-electron chi connectivity index (χ3n) is 11.1. The second-order valence-corrected chi connectivity index (χ2v) is 15.3. The summed E-state index contributed by atoms with van der Waals surface area (Å²) in [5, 5.41) is 111. The quantitative estimate of drug-likeness (QED) is 0.0289. The zero-order valence-corrected chi connectivity index (χ0v) is 35.9. The summed E-state index contributed by atoms with van der Waals surface area (Å²) in [6.07, 6.45) is -18.0. The number of methoxy groups -OCH3 is 2. The molecule has 4 aliphatic rings. The normalized spacial score (nSPS) is 33.1. The number of phenols is 2. The molecule has 2 fully saturated rings. The number of rotatable bonds is 18. The SMILES string of the molecule is COC(=O)C1=COC(OC2OC(CO)C(O)C(O)C2O)C(=CCO)C1CC(=O)OCC=C1C(OC2OC(CO)C(O)C(O)C2O)OC=C(C(=O)OC)C1CC(=O)OCCc1ccc(O)c(O)c1. The molecule has 14 atom stereocenters. The van der Waals surface area contributed by atoms with Crippen LogP contribution in [-0.2, 0) is 73.0 Å². The molecule has 4 aliphatic heterocycles. The first-order chi connectivity index (χ1) is 32.0. The van der Waals surface area contributed by atoms with Crippen LogP contribution in [0.5, 0.6) is 11.5 Å². The molecule has 2 saturated heterocycles. The Balaban J connectivity index is 1.40. The van der Waals surface area contributed by atoms with Crippen molar-refractivity contribution in [3.63, 3.8) is 0 Å². The van der Waals surface area contributed by atoms with Crippen molar-refractivity contribution < 1.29 is 123 Å². The van der Waals surface area contributed by atoms with Gasteiger partial charge in [0.25, 0.3) is 0 Å². The average molecular weight is 959 g/mol. The maximum absolute atomic E-state index is 13.7.